The second-order valence-electron chi connectivity index (χ2n) is 8.40. The molecule has 0 unspecified atom stereocenters. The van der Waals surface area contributed by atoms with E-state index in [9.17, 15) is 4.79 Å². The molecule has 0 radical (unpaired) electrons. The first kappa shape index (κ1) is 25.8. The topological polar surface area (TPSA) is 126 Å². The maximum Gasteiger partial charge on any atom is 0.258 e. The number of thiophene rings is 1. The van der Waals surface area contributed by atoms with Crippen LogP contribution in [0.15, 0.2) is 66.2 Å². The summed E-state index contributed by atoms with van der Waals surface area (Å²) >= 11 is 1.56. The number of ether oxygens (including phenoxy) is 1. The van der Waals surface area contributed by atoms with Crippen molar-refractivity contribution in [2.75, 3.05) is 11.9 Å². The third-order valence-corrected chi connectivity index (χ3v) is 6.84. The summed E-state index contributed by atoms with van der Waals surface area (Å²) in [5, 5.41) is 15.8. The number of rotatable bonds is 11. The number of aromatic nitrogens is 2. The molecule has 9 heteroatoms. The highest BCUT2D eigenvalue weighted by atomic mass is 32.1. The van der Waals surface area contributed by atoms with Gasteiger partial charge in [-0.1, -0.05) is 38.1 Å². The van der Waals surface area contributed by atoms with E-state index in [1.54, 1.807) is 11.3 Å². The quantitative estimate of drug-likeness (QED) is 0.189. The molecule has 0 saturated carbocycles. The van der Waals surface area contributed by atoms with E-state index in [1.165, 1.54) is 12.4 Å². The maximum atomic E-state index is 12.2. The van der Waals surface area contributed by atoms with Crippen molar-refractivity contribution in [3.63, 3.8) is 0 Å². The van der Waals surface area contributed by atoms with Crippen molar-refractivity contribution < 1.29 is 9.53 Å². The minimum atomic E-state index is -0.137. The molecule has 0 aliphatic rings. The number of fused-ring (bicyclic) bond motifs is 1. The number of benzene rings is 2. The Morgan fingerprint density at radius 2 is 1.92 bits per heavy atom. The summed E-state index contributed by atoms with van der Waals surface area (Å²) in [5.74, 6) is 1.68. The molecule has 0 bridgehead atoms. The highest BCUT2D eigenvalue weighted by molar-refractivity contribution is 7.17. The number of carbonyl (C=O) groups excluding carboxylic acids is 1. The summed E-state index contributed by atoms with van der Waals surface area (Å²) in [6, 6.07) is 17.2. The van der Waals surface area contributed by atoms with Gasteiger partial charge in [-0.05, 0) is 54.1 Å². The molecule has 0 spiro atoms. The van der Waals surface area contributed by atoms with Gasteiger partial charge in [0.1, 0.15) is 5.75 Å². The molecule has 4 aromatic rings. The Morgan fingerprint density at radius 1 is 1.14 bits per heavy atom. The first-order chi connectivity index (χ1) is 18.0. The van der Waals surface area contributed by atoms with E-state index in [0.717, 1.165) is 39.9 Å². The smallest absolute Gasteiger partial charge is 0.258 e. The van der Waals surface area contributed by atoms with Gasteiger partial charge in [-0.15, -0.1) is 11.3 Å². The largest absolute Gasteiger partial charge is 0.484 e. The zero-order chi connectivity index (χ0) is 26.2. The lowest BCUT2D eigenvalue weighted by atomic mass is 10.1. The minimum Gasteiger partial charge on any atom is -0.484 e. The molecule has 0 saturated heterocycles. The van der Waals surface area contributed by atoms with Gasteiger partial charge in [0.05, 0.1) is 10.2 Å². The number of carbonyl (C=O) groups is 1. The molecule has 2 aromatic heterocycles. The predicted octanol–water partition coefficient (Wildman–Crippen LogP) is 5.73. The molecule has 190 valence electrons. The number of hydrogen-bond donors (Lipinski definition) is 4. The van der Waals surface area contributed by atoms with Gasteiger partial charge in [0.25, 0.3) is 5.91 Å². The Labute approximate surface area is 220 Å². The third-order valence-electron chi connectivity index (χ3n) is 5.93. The van der Waals surface area contributed by atoms with Crippen molar-refractivity contribution in [2.45, 2.75) is 32.7 Å². The molecule has 2 aromatic carbocycles. The van der Waals surface area contributed by atoms with E-state index in [0.29, 0.717) is 23.0 Å². The van der Waals surface area contributed by atoms with Crippen LogP contribution in [0, 0.1) is 5.41 Å². The van der Waals surface area contributed by atoms with Gasteiger partial charge in [-0.3, -0.25) is 4.79 Å². The first-order valence-electron chi connectivity index (χ1n) is 12.1. The summed E-state index contributed by atoms with van der Waals surface area (Å²) in [6.07, 6.45) is 4.41. The Morgan fingerprint density at radius 3 is 2.62 bits per heavy atom. The summed E-state index contributed by atoms with van der Waals surface area (Å²) in [5.41, 5.74) is 9.58. The molecular weight excluding hydrogens is 484 g/mol. The SMILES string of the molecule is CCC(CC)NC(=O)COc1cccc(-c2nc(Nc3ccc(/C(C=N)=C/N)cc3)c3sccc3n2)c1. The fourth-order valence-corrected chi connectivity index (χ4v) is 4.60. The number of amides is 1. The van der Waals surface area contributed by atoms with Crippen molar-refractivity contribution >= 4 is 50.8 Å². The van der Waals surface area contributed by atoms with Crippen LogP contribution < -0.4 is 21.1 Å². The van der Waals surface area contributed by atoms with Gasteiger partial charge in [-0.2, -0.15) is 0 Å². The summed E-state index contributed by atoms with van der Waals surface area (Å²) in [6.45, 7) is 4.05. The molecule has 8 nitrogen and oxygen atoms in total. The molecule has 4 rings (SSSR count). The van der Waals surface area contributed by atoms with Gasteiger partial charge >= 0.3 is 0 Å². The van der Waals surface area contributed by atoms with Crippen molar-refractivity contribution in [1.82, 2.24) is 15.3 Å². The number of anilines is 2. The highest BCUT2D eigenvalue weighted by Crippen LogP contribution is 2.32. The molecular formula is C28H30N6O2S. The van der Waals surface area contributed by atoms with Crippen LogP contribution in [0.4, 0.5) is 11.5 Å². The average molecular weight is 515 g/mol. The van der Waals surface area contributed by atoms with Crippen LogP contribution in [0.2, 0.25) is 0 Å². The van der Waals surface area contributed by atoms with E-state index in [-0.39, 0.29) is 18.6 Å². The van der Waals surface area contributed by atoms with Crippen LogP contribution in [-0.4, -0.2) is 34.7 Å². The van der Waals surface area contributed by atoms with Gasteiger partial charge in [0.2, 0.25) is 0 Å². The predicted molar refractivity (Wildman–Crippen MR) is 152 cm³/mol. The Bertz CT molecular complexity index is 1410. The molecule has 0 atom stereocenters. The van der Waals surface area contributed by atoms with Crippen molar-refractivity contribution in [2.24, 2.45) is 5.73 Å². The number of nitrogens with zero attached hydrogens (tertiary/aromatic N) is 2. The van der Waals surface area contributed by atoms with Crippen LogP contribution in [-0.2, 0) is 4.79 Å². The minimum absolute atomic E-state index is 0.0494. The summed E-state index contributed by atoms with van der Waals surface area (Å²) in [7, 11) is 0. The second kappa shape index (κ2) is 12.1. The van der Waals surface area contributed by atoms with Crippen molar-refractivity contribution in [3.05, 3.63) is 71.7 Å². The number of nitrogens with one attached hydrogen (secondary N) is 3. The van der Waals surface area contributed by atoms with Crippen LogP contribution >= 0.6 is 11.3 Å². The normalized spacial score (nSPS) is 11.5. The third kappa shape index (κ3) is 6.31. The van der Waals surface area contributed by atoms with Crippen molar-refractivity contribution in [1.29, 1.82) is 5.41 Å². The Balaban J connectivity index is 1.55. The number of allylic oxidation sites excluding steroid dienone is 1. The van der Waals surface area contributed by atoms with Crippen LogP contribution in [0.3, 0.4) is 0 Å². The maximum absolute atomic E-state index is 12.2. The summed E-state index contributed by atoms with van der Waals surface area (Å²) in [4.78, 5) is 21.8. The molecule has 0 aliphatic carbocycles. The van der Waals surface area contributed by atoms with Crippen molar-refractivity contribution in [3.8, 4) is 17.1 Å². The van der Waals surface area contributed by atoms with E-state index in [4.69, 9.17) is 25.8 Å². The Hall–Kier alpha value is -4.24. The molecule has 5 N–H and O–H groups in total. The highest BCUT2D eigenvalue weighted by Gasteiger charge is 2.13. The Kier molecular flexibility index (Phi) is 8.48. The van der Waals surface area contributed by atoms with Gasteiger partial charge in [0, 0.05) is 35.3 Å². The first-order valence-corrected chi connectivity index (χ1v) is 13.0. The van der Waals surface area contributed by atoms with Crippen LogP contribution in [0.1, 0.15) is 32.3 Å². The lowest BCUT2D eigenvalue weighted by Gasteiger charge is -2.15. The zero-order valence-corrected chi connectivity index (χ0v) is 21.6. The van der Waals surface area contributed by atoms with Gasteiger partial charge in [-0.25, -0.2) is 9.97 Å². The average Bonchev–Trinajstić information content (AvgIpc) is 3.41. The second-order valence-corrected chi connectivity index (χ2v) is 9.31. The summed E-state index contributed by atoms with van der Waals surface area (Å²) < 4.78 is 6.70. The number of hydrogen-bond acceptors (Lipinski definition) is 8. The molecule has 0 aliphatic heterocycles. The van der Waals surface area contributed by atoms with E-state index < -0.39 is 0 Å². The lowest BCUT2D eigenvalue weighted by molar-refractivity contribution is -0.123. The molecule has 37 heavy (non-hydrogen) atoms. The molecule has 1 amide bonds. The lowest BCUT2D eigenvalue weighted by Crippen LogP contribution is -2.37. The standard InChI is InChI=1S/C28H30N6O2S/c1-3-21(4-2)31-25(35)17-36-23-7-5-6-19(14-23)27-33-24-12-13-37-26(24)28(34-27)32-22-10-8-18(9-11-22)20(15-29)16-30/h5-16,21,29H,3-4,17,30H2,1-2H3,(H,31,35)(H,32,33,34)/b20-16+,29-15?. The fraction of sp³-hybridized carbons (Fsp3) is 0.214. The van der Waals surface area contributed by atoms with Crippen LogP contribution in [0.25, 0.3) is 27.2 Å². The van der Waals surface area contributed by atoms with Gasteiger partial charge < -0.3 is 26.5 Å². The van der Waals surface area contributed by atoms with E-state index in [1.807, 2.05) is 60.0 Å². The zero-order valence-electron chi connectivity index (χ0n) is 20.8. The van der Waals surface area contributed by atoms with E-state index >= 15 is 0 Å². The van der Waals surface area contributed by atoms with E-state index in [2.05, 4.69) is 24.5 Å². The number of nitrogens with two attached hydrogens (primary N) is 1. The monoisotopic (exact) mass is 514 g/mol. The molecule has 0 fully saturated rings. The van der Waals surface area contributed by atoms with Gasteiger partial charge in [0.15, 0.2) is 18.2 Å². The molecule has 2 heterocycles. The fourth-order valence-electron chi connectivity index (χ4n) is 3.82. The van der Waals surface area contributed by atoms with Crippen LogP contribution in [0.5, 0.6) is 5.75 Å².